The summed E-state index contributed by atoms with van der Waals surface area (Å²) in [5.74, 6) is 0.386. The minimum absolute atomic E-state index is 0.229. The van der Waals surface area contributed by atoms with Gasteiger partial charge in [-0.15, -0.1) is 11.3 Å². The molecule has 3 rings (SSSR count). The summed E-state index contributed by atoms with van der Waals surface area (Å²) in [6.45, 7) is 7.04. The number of methoxy groups -OCH3 is 1. The van der Waals surface area contributed by atoms with Gasteiger partial charge in [-0.25, -0.2) is 9.78 Å². The Labute approximate surface area is 173 Å². The van der Waals surface area contributed by atoms with Crippen molar-refractivity contribution in [2.75, 3.05) is 13.7 Å². The summed E-state index contributed by atoms with van der Waals surface area (Å²) in [7, 11) is 1.59. The number of aryl methyl sites for hydroxylation is 1. The van der Waals surface area contributed by atoms with Gasteiger partial charge in [0.05, 0.1) is 24.3 Å². The first-order valence-electron chi connectivity index (χ1n) is 9.20. The normalized spacial score (nSPS) is 16.5. The average molecular weight is 413 g/mol. The maximum absolute atomic E-state index is 12.8. The topological polar surface area (TPSA) is 81.1 Å². The molecule has 152 valence electrons. The number of rotatable bonds is 5. The van der Waals surface area contributed by atoms with E-state index in [1.54, 1.807) is 21.0 Å². The minimum Gasteiger partial charge on any atom is -0.497 e. The first-order chi connectivity index (χ1) is 13.9. The smallest absolute Gasteiger partial charge is 0.338 e. The van der Waals surface area contributed by atoms with E-state index in [1.165, 1.54) is 23.2 Å². The van der Waals surface area contributed by atoms with Crippen molar-refractivity contribution < 1.29 is 19.1 Å². The number of allylic oxidation sites excluding steroid dienone is 1. The van der Waals surface area contributed by atoms with Gasteiger partial charge >= 0.3 is 5.97 Å². The molecule has 1 atom stereocenters. The zero-order chi connectivity index (χ0) is 21.1. The predicted molar refractivity (Wildman–Crippen MR) is 111 cm³/mol. The number of carbonyl (C=O) groups is 2. The lowest BCUT2D eigenvalue weighted by atomic mass is 9.95. The van der Waals surface area contributed by atoms with Crippen molar-refractivity contribution in [1.82, 2.24) is 9.88 Å². The third-order valence-electron chi connectivity index (χ3n) is 4.55. The molecule has 2 aromatic rings. The molecule has 1 aliphatic heterocycles. The number of thiazole rings is 1. The lowest BCUT2D eigenvalue weighted by Crippen LogP contribution is -2.40. The molecule has 1 aliphatic rings. The molecule has 0 fully saturated rings. The molecule has 0 radical (unpaired) electrons. The molecule has 0 spiro atoms. The number of aromatic nitrogens is 1. The maximum Gasteiger partial charge on any atom is 0.338 e. The summed E-state index contributed by atoms with van der Waals surface area (Å²) in [5, 5.41) is 2.72. The molecule has 0 saturated carbocycles. The third-order valence-corrected chi connectivity index (χ3v) is 5.33. The number of aliphatic imine (C=N–C) groups is 1. The molecule has 2 heterocycles. The van der Waals surface area contributed by atoms with E-state index in [2.05, 4.69) is 4.98 Å². The fourth-order valence-corrected chi connectivity index (χ4v) is 3.84. The highest BCUT2D eigenvalue weighted by Crippen LogP contribution is 2.36. The molecule has 1 amide bonds. The standard InChI is InChI=1S/C21H23N3O4S/c1-6-28-21(26)18-12(2)24(14(4)25)20(17-11-29-13(3)22-17)23-19(18)15-7-9-16(27-5)10-8-15/h7-11,19H,6H2,1-5H3. The molecule has 0 bridgehead atoms. The van der Waals surface area contributed by atoms with Gasteiger partial charge < -0.3 is 9.47 Å². The van der Waals surface area contributed by atoms with Crippen LogP contribution in [0.25, 0.3) is 0 Å². The lowest BCUT2D eigenvalue weighted by molar-refractivity contribution is -0.139. The van der Waals surface area contributed by atoms with Crippen LogP contribution in [0.2, 0.25) is 0 Å². The first kappa shape index (κ1) is 20.7. The Morgan fingerprint density at radius 2 is 1.90 bits per heavy atom. The van der Waals surface area contributed by atoms with Crippen molar-refractivity contribution in [1.29, 1.82) is 0 Å². The number of amidine groups is 1. The Balaban J connectivity index is 2.19. The largest absolute Gasteiger partial charge is 0.497 e. The fourth-order valence-electron chi connectivity index (χ4n) is 3.25. The van der Waals surface area contributed by atoms with Gasteiger partial charge in [0.15, 0.2) is 5.84 Å². The second kappa shape index (κ2) is 8.57. The quantitative estimate of drug-likeness (QED) is 0.699. The third kappa shape index (κ3) is 4.07. The number of esters is 1. The van der Waals surface area contributed by atoms with Crippen LogP contribution in [0.3, 0.4) is 0 Å². The van der Waals surface area contributed by atoms with Crippen LogP contribution in [-0.2, 0) is 14.3 Å². The average Bonchev–Trinajstić information content (AvgIpc) is 3.13. The van der Waals surface area contributed by atoms with Crippen molar-refractivity contribution in [3.8, 4) is 5.75 Å². The molecule has 0 saturated heterocycles. The van der Waals surface area contributed by atoms with Crippen LogP contribution in [0.1, 0.15) is 43.1 Å². The molecule has 0 N–H and O–H groups in total. The van der Waals surface area contributed by atoms with E-state index in [4.69, 9.17) is 14.5 Å². The Kier molecular flexibility index (Phi) is 6.12. The summed E-state index contributed by atoms with van der Waals surface area (Å²) in [6.07, 6.45) is 0. The number of hydrogen-bond acceptors (Lipinski definition) is 7. The Hall–Kier alpha value is -3.00. The highest BCUT2D eigenvalue weighted by atomic mass is 32.1. The minimum atomic E-state index is -0.618. The number of hydrogen-bond donors (Lipinski definition) is 0. The van der Waals surface area contributed by atoms with Crippen LogP contribution in [0.4, 0.5) is 0 Å². The Morgan fingerprint density at radius 1 is 1.21 bits per heavy atom. The molecule has 1 unspecified atom stereocenters. The van der Waals surface area contributed by atoms with Crippen LogP contribution in [0.5, 0.6) is 5.75 Å². The van der Waals surface area contributed by atoms with Gasteiger partial charge in [0.2, 0.25) is 5.91 Å². The summed E-state index contributed by atoms with van der Waals surface area (Å²) < 4.78 is 10.5. The monoisotopic (exact) mass is 413 g/mol. The number of carbonyl (C=O) groups excluding carboxylic acids is 2. The lowest BCUT2D eigenvalue weighted by Gasteiger charge is -2.32. The number of nitrogens with zero attached hydrogens (tertiary/aromatic N) is 3. The zero-order valence-corrected chi connectivity index (χ0v) is 17.9. The Morgan fingerprint density at radius 3 is 2.41 bits per heavy atom. The van der Waals surface area contributed by atoms with Gasteiger partial charge in [-0.1, -0.05) is 12.1 Å². The van der Waals surface area contributed by atoms with Gasteiger partial charge in [0.25, 0.3) is 0 Å². The van der Waals surface area contributed by atoms with Crippen molar-refractivity contribution in [3.63, 3.8) is 0 Å². The summed E-state index contributed by atoms with van der Waals surface area (Å²) in [4.78, 5) is 36.0. The van der Waals surface area contributed by atoms with Crippen LogP contribution in [-0.4, -0.2) is 41.3 Å². The van der Waals surface area contributed by atoms with Gasteiger partial charge in [-0.05, 0) is 38.5 Å². The number of amides is 1. The maximum atomic E-state index is 12.8. The van der Waals surface area contributed by atoms with E-state index in [-0.39, 0.29) is 12.5 Å². The van der Waals surface area contributed by atoms with Gasteiger partial charge in [0.1, 0.15) is 17.5 Å². The van der Waals surface area contributed by atoms with E-state index in [0.29, 0.717) is 28.5 Å². The van der Waals surface area contributed by atoms with Crippen molar-refractivity contribution in [2.45, 2.75) is 33.7 Å². The molecular weight excluding hydrogens is 390 g/mol. The van der Waals surface area contributed by atoms with Crippen LogP contribution < -0.4 is 4.74 Å². The van der Waals surface area contributed by atoms with Crippen LogP contribution in [0.15, 0.2) is 45.9 Å². The van der Waals surface area contributed by atoms with Crippen LogP contribution in [0, 0.1) is 6.92 Å². The number of benzene rings is 1. The molecule has 8 heteroatoms. The molecular formula is C21H23N3O4S. The fraction of sp³-hybridized carbons (Fsp3) is 0.333. The highest BCUT2D eigenvalue weighted by molar-refractivity contribution is 7.09. The molecule has 1 aromatic carbocycles. The van der Waals surface area contributed by atoms with Crippen molar-refractivity contribution in [3.05, 3.63) is 57.2 Å². The van der Waals surface area contributed by atoms with E-state index in [0.717, 1.165) is 10.6 Å². The SMILES string of the molecule is CCOC(=O)C1=C(C)N(C(C)=O)C(c2csc(C)n2)=NC1c1ccc(OC)cc1. The molecule has 0 aliphatic carbocycles. The zero-order valence-electron chi connectivity index (χ0n) is 17.1. The predicted octanol–water partition coefficient (Wildman–Crippen LogP) is 3.65. The Bertz CT molecular complexity index is 992. The van der Waals surface area contributed by atoms with Gasteiger partial charge in [-0.2, -0.15) is 0 Å². The van der Waals surface area contributed by atoms with Gasteiger partial charge in [0, 0.05) is 18.0 Å². The first-order valence-corrected chi connectivity index (χ1v) is 10.1. The van der Waals surface area contributed by atoms with E-state index in [9.17, 15) is 9.59 Å². The summed E-state index contributed by atoms with van der Waals surface area (Å²) >= 11 is 1.48. The van der Waals surface area contributed by atoms with Gasteiger partial charge in [-0.3, -0.25) is 14.7 Å². The molecule has 1 aromatic heterocycles. The van der Waals surface area contributed by atoms with E-state index >= 15 is 0 Å². The highest BCUT2D eigenvalue weighted by Gasteiger charge is 2.36. The van der Waals surface area contributed by atoms with E-state index in [1.807, 2.05) is 36.6 Å². The molecule has 29 heavy (non-hydrogen) atoms. The molecule has 7 nitrogen and oxygen atoms in total. The second-order valence-electron chi connectivity index (χ2n) is 6.45. The van der Waals surface area contributed by atoms with Crippen molar-refractivity contribution in [2.24, 2.45) is 4.99 Å². The van der Waals surface area contributed by atoms with E-state index < -0.39 is 12.0 Å². The van der Waals surface area contributed by atoms with Crippen LogP contribution >= 0.6 is 11.3 Å². The summed E-state index contributed by atoms with van der Waals surface area (Å²) in [6, 6.07) is 6.71. The second-order valence-corrected chi connectivity index (χ2v) is 7.52. The van der Waals surface area contributed by atoms with Crippen molar-refractivity contribution >= 4 is 29.0 Å². The summed E-state index contributed by atoms with van der Waals surface area (Å²) in [5.41, 5.74) is 2.22. The number of ether oxygens (including phenoxy) is 2.